The lowest BCUT2D eigenvalue weighted by Gasteiger charge is -2.22. The fraction of sp³-hybridized carbons (Fsp3) is 1.00. The zero-order valence-corrected chi connectivity index (χ0v) is 9.78. The second kappa shape index (κ2) is 7.37. The van der Waals surface area contributed by atoms with E-state index in [1.54, 1.807) is 7.11 Å². The maximum absolute atomic E-state index is 11.1. The van der Waals surface area contributed by atoms with Gasteiger partial charge in [-0.15, -0.1) is 0 Å². The first-order chi connectivity index (χ1) is 6.83. The van der Waals surface area contributed by atoms with Crippen LogP contribution in [-0.2, 0) is 15.5 Å². The van der Waals surface area contributed by atoms with Crippen molar-refractivity contribution >= 4 is 10.8 Å². The van der Waals surface area contributed by atoms with Gasteiger partial charge in [0.1, 0.15) is 0 Å². The van der Waals surface area contributed by atoms with Gasteiger partial charge in [-0.05, 0) is 32.2 Å². The zero-order chi connectivity index (χ0) is 10.2. The number of rotatable bonds is 6. The van der Waals surface area contributed by atoms with Crippen molar-refractivity contribution in [3.63, 3.8) is 0 Å². The van der Waals surface area contributed by atoms with Crippen LogP contribution in [0.3, 0.4) is 0 Å². The van der Waals surface area contributed by atoms with Crippen molar-refractivity contribution < 1.29 is 8.95 Å². The minimum absolute atomic E-state index is 0.531. The van der Waals surface area contributed by atoms with Crippen LogP contribution in [0.25, 0.3) is 0 Å². The molecule has 0 spiro atoms. The smallest absolute Gasteiger partial charge is 0.0462 e. The number of methoxy groups -OCH3 is 1. The number of nitrogens with one attached hydrogen (secondary N) is 1. The Bertz CT molecular complexity index is 166. The maximum atomic E-state index is 11.1. The maximum Gasteiger partial charge on any atom is 0.0462 e. The summed E-state index contributed by atoms with van der Waals surface area (Å²) in [5.74, 6) is 1.77. The first-order valence-electron chi connectivity index (χ1n) is 5.40. The Morgan fingerprint density at radius 1 is 1.36 bits per heavy atom. The van der Waals surface area contributed by atoms with Crippen molar-refractivity contribution in [1.82, 2.24) is 5.32 Å². The molecular formula is C10H21NO2S. The lowest BCUT2D eigenvalue weighted by atomic mass is 10.1. The first kappa shape index (κ1) is 12.1. The molecule has 1 heterocycles. The van der Waals surface area contributed by atoms with E-state index >= 15 is 0 Å². The van der Waals surface area contributed by atoms with E-state index in [1.165, 1.54) is 6.42 Å². The van der Waals surface area contributed by atoms with Crippen LogP contribution in [0.4, 0.5) is 0 Å². The van der Waals surface area contributed by atoms with Crippen molar-refractivity contribution in [1.29, 1.82) is 0 Å². The standard InChI is InChI=1S/C10H21NO2S/c1-13-7-3-2-6-11-10-4-8-14(12)9-5-10/h10-11H,2-9H2,1H3. The summed E-state index contributed by atoms with van der Waals surface area (Å²) in [6.45, 7) is 1.93. The first-order valence-corrected chi connectivity index (χ1v) is 6.89. The van der Waals surface area contributed by atoms with Gasteiger partial charge >= 0.3 is 0 Å². The second-order valence-corrected chi connectivity index (χ2v) is 5.47. The Balaban J connectivity index is 1.94. The molecule has 1 aliphatic heterocycles. The Hall–Kier alpha value is 0.0700. The molecule has 0 atom stereocenters. The van der Waals surface area contributed by atoms with Crippen molar-refractivity contribution in [2.24, 2.45) is 0 Å². The van der Waals surface area contributed by atoms with Gasteiger partial charge in [-0.2, -0.15) is 0 Å². The lowest BCUT2D eigenvalue weighted by Crippen LogP contribution is -2.36. The summed E-state index contributed by atoms with van der Waals surface area (Å²) in [7, 11) is 1.21. The summed E-state index contributed by atoms with van der Waals surface area (Å²) >= 11 is 0. The van der Waals surface area contributed by atoms with Crippen molar-refractivity contribution in [2.75, 3.05) is 31.8 Å². The predicted molar refractivity (Wildman–Crippen MR) is 60.0 cm³/mol. The quantitative estimate of drug-likeness (QED) is 0.675. The Labute approximate surface area is 89.1 Å². The van der Waals surface area contributed by atoms with E-state index in [2.05, 4.69) is 5.32 Å². The van der Waals surface area contributed by atoms with Crippen LogP contribution in [0, 0.1) is 0 Å². The molecule has 14 heavy (non-hydrogen) atoms. The fourth-order valence-electron chi connectivity index (χ4n) is 1.68. The Morgan fingerprint density at radius 3 is 2.71 bits per heavy atom. The zero-order valence-electron chi connectivity index (χ0n) is 8.96. The van der Waals surface area contributed by atoms with Crippen LogP contribution < -0.4 is 5.32 Å². The summed E-state index contributed by atoms with van der Waals surface area (Å²) in [5.41, 5.74) is 0. The number of hydrogen-bond donors (Lipinski definition) is 1. The highest BCUT2D eigenvalue weighted by Gasteiger charge is 2.16. The fourth-order valence-corrected chi connectivity index (χ4v) is 2.97. The molecule has 1 rings (SSSR count). The summed E-state index contributed by atoms with van der Waals surface area (Å²) < 4.78 is 16.1. The van der Waals surface area contributed by atoms with Gasteiger partial charge in [0.15, 0.2) is 0 Å². The lowest BCUT2D eigenvalue weighted by molar-refractivity contribution is 0.192. The van der Waals surface area contributed by atoms with E-state index in [0.29, 0.717) is 6.04 Å². The molecule has 0 aromatic carbocycles. The minimum atomic E-state index is -0.531. The molecule has 1 fully saturated rings. The number of ether oxygens (including phenoxy) is 1. The molecule has 4 heteroatoms. The molecule has 0 radical (unpaired) electrons. The van der Waals surface area contributed by atoms with Gasteiger partial charge < -0.3 is 10.1 Å². The monoisotopic (exact) mass is 219 g/mol. The van der Waals surface area contributed by atoms with E-state index in [-0.39, 0.29) is 0 Å². The van der Waals surface area contributed by atoms with Gasteiger partial charge in [0.25, 0.3) is 0 Å². The van der Waals surface area contributed by atoms with E-state index < -0.39 is 10.8 Å². The Morgan fingerprint density at radius 2 is 2.07 bits per heavy atom. The van der Waals surface area contributed by atoms with Crippen molar-refractivity contribution in [3.05, 3.63) is 0 Å². The van der Waals surface area contributed by atoms with Crippen LogP contribution >= 0.6 is 0 Å². The predicted octanol–water partition coefficient (Wildman–Crippen LogP) is 0.914. The van der Waals surface area contributed by atoms with Crippen LogP contribution in [0.1, 0.15) is 25.7 Å². The highest BCUT2D eigenvalue weighted by atomic mass is 32.2. The molecule has 3 nitrogen and oxygen atoms in total. The average Bonchev–Trinajstić information content (AvgIpc) is 2.21. The van der Waals surface area contributed by atoms with Crippen LogP contribution in [0.15, 0.2) is 0 Å². The molecule has 0 bridgehead atoms. The minimum Gasteiger partial charge on any atom is -0.385 e. The Kier molecular flexibility index (Phi) is 6.39. The van der Waals surface area contributed by atoms with Gasteiger partial charge in [-0.1, -0.05) is 0 Å². The summed E-state index contributed by atoms with van der Waals surface area (Å²) in [6.07, 6.45) is 4.46. The molecule has 0 unspecified atom stereocenters. The van der Waals surface area contributed by atoms with Gasteiger partial charge in [0.2, 0.25) is 0 Å². The normalized spacial score (nSPS) is 27.8. The summed E-state index contributed by atoms with van der Waals surface area (Å²) in [5, 5.41) is 3.51. The molecule has 1 saturated heterocycles. The molecule has 0 aromatic heterocycles. The van der Waals surface area contributed by atoms with Gasteiger partial charge in [-0.25, -0.2) is 0 Å². The van der Waals surface area contributed by atoms with Gasteiger partial charge in [-0.3, -0.25) is 4.21 Å². The molecule has 84 valence electrons. The molecular weight excluding hydrogens is 198 g/mol. The van der Waals surface area contributed by atoms with Gasteiger partial charge in [0.05, 0.1) is 0 Å². The van der Waals surface area contributed by atoms with Crippen LogP contribution in [0.5, 0.6) is 0 Å². The van der Waals surface area contributed by atoms with Crippen molar-refractivity contribution in [3.8, 4) is 0 Å². The SMILES string of the molecule is COCCCCNC1CCS(=O)CC1. The third-order valence-electron chi connectivity index (χ3n) is 2.60. The molecule has 0 saturated carbocycles. The molecule has 0 amide bonds. The highest BCUT2D eigenvalue weighted by Crippen LogP contribution is 2.08. The summed E-state index contributed by atoms with van der Waals surface area (Å²) in [6, 6.07) is 0.607. The summed E-state index contributed by atoms with van der Waals surface area (Å²) in [4.78, 5) is 0. The molecule has 0 aromatic rings. The van der Waals surface area contributed by atoms with Crippen LogP contribution in [-0.4, -0.2) is 42.0 Å². The molecule has 0 aliphatic carbocycles. The van der Waals surface area contributed by atoms with Crippen molar-refractivity contribution in [2.45, 2.75) is 31.7 Å². The topological polar surface area (TPSA) is 38.3 Å². The van der Waals surface area contributed by atoms with E-state index in [0.717, 1.165) is 43.9 Å². The molecule has 1 N–H and O–H groups in total. The molecule has 1 aliphatic rings. The number of hydrogen-bond acceptors (Lipinski definition) is 3. The largest absolute Gasteiger partial charge is 0.385 e. The second-order valence-electron chi connectivity index (χ2n) is 3.78. The third kappa shape index (κ3) is 5.08. The van der Waals surface area contributed by atoms with Crippen LogP contribution in [0.2, 0.25) is 0 Å². The van der Waals surface area contributed by atoms with Gasteiger partial charge in [0, 0.05) is 42.1 Å². The average molecular weight is 219 g/mol. The van der Waals surface area contributed by atoms with E-state index in [1.807, 2.05) is 0 Å². The third-order valence-corrected chi connectivity index (χ3v) is 3.98. The number of unbranched alkanes of at least 4 members (excludes halogenated alkanes) is 1. The van der Waals surface area contributed by atoms with E-state index in [4.69, 9.17) is 4.74 Å². The highest BCUT2D eigenvalue weighted by molar-refractivity contribution is 7.85. The van der Waals surface area contributed by atoms with E-state index in [9.17, 15) is 4.21 Å².